The van der Waals surface area contributed by atoms with Crippen molar-refractivity contribution >= 4 is 0 Å². The van der Waals surface area contributed by atoms with E-state index in [1.165, 1.54) is 11.0 Å². The summed E-state index contributed by atoms with van der Waals surface area (Å²) in [6, 6.07) is 3.01. The van der Waals surface area contributed by atoms with Crippen LogP contribution in [0.15, 0.2) is 6.33 Å². The van der Waals surface area contributed by atoms with Gasteiger partial charge in [0.15, 0.2) is 0 Å². The van der Waals surface area contributed by atoms with Crippen molar-refractivity contribution in [2.45, 2.75) is 12.6 Å². The Bertz CT molecular complexity index is 340. The van der Waals surface area contributed by atoms with Crippen LogP contribution in [-0.2, 0) is 6.54 Å². The van der Waals surface area contributed by atoms with Crippen molar-refractivity contribution in [1.29, 1.82) is 10.5 Å². The fourth-order valence-electron chi connectivity index (χ4n) is 0.676. The van der Waals surface area contributed by atoms with Gasteiger partial charge in [-0.2, -0.15) is 10.5 Å². The largest absolute Gasteiger partial charge is 0.314 e. The molecule has 1 aromatic heterocycles. The van der Waals surface area contributed by atoms with Gasteiger partial charge in [-0.25, -0.2) is 9.67 Å². The molecule has 0 aliphatic carbocycles. The Balaban J connectivity index is 2.67. The molecule has 6 nitrogen and oxygen atoms in total. The fourth-order valence-corrected chi connectivity index (χ4v) is 0.676. The SMILES string of the molecule is N#Cc1ncn(CC(N)C#N)n1. The molecular formula is C6H6N6. The number of hydrogen-bond donors (Lipinski definition) is 1. The first kappa shape index (κ1) is 8.18. The third-order valence-electron chi connectivity index (χ3n) is 1.19. The number of nitrogens with zero attached hydrogens (tertiary/aromatic N) is 5. The standard InChI is InChI=1S/C6H6N6/c7-1-5(9)3-12-4-10-6(2-8)11-12/h4-5H,3,9H2. The normalized spacial score (nSPS) is 11.6. The lowest BCUT2D eigenvalue weighted by Gasteiger charge is -1.99. The van der Waals surface area contributed by atoms with Gasteiger partial charge >= 0.3 is 0 Å². The van der Waals surface area contributed by atoms with Gasteiger partial charge in [0.25, 0.3) is 5.82 Å². The van der Waals surface area contributed by atoms with Crippen LogP contribution in [0, 0.1) is 22.7 Å². The molecule has 6 heteroatoms. The second-order valence-corrected chi connectivity index (χ2v) is 2.14. The number of aromatic nitrogens is 3. The summed E-state index contributed by atoms with van der Waals surface area (Å²) in [7, 11) is 0. The molecule has 0 aliphatic rings. The molecule has 0 amide bonds. The third-order valence-corrected chi connectivity index (χ3v) is 1.19. The molecule has 1 rings (SSSR count). The molecule has 12 heavy (non-hydrogen) atoms. The van der Waals surface area contributed by atoms with Crippen molar-refractivity contribution in [3.8, 4) is 12.1 Å². The van der Waals surface area contributed by atoms with Crippen LogP contribution in [0.5, 0.6) is 0 Å². The third kappa shape index (κ3) is 1.78. The molecule has 0 saturated carbocycles. The van der Waals surface area contributed by atoms with Gasteiger partial charge in [0.2, 0.25) is 0 Å². The van der Waals surface area contributed by atoms with E-state index in [1.807, 2.05) is 6.07 Å². The molecule has 0 fully saturated rings. The monoisotopic (exact) mass is 162 g/mol. The molecular weight excluding hydrogens is 156 g/mol. The average molecular weight is 162 g/mol. The first-order chi connectivity index (χ1) is 5.76. The molecule has 0 spiro atoms. The van der Waals surface area contributed by atoms with Crippen LogP contribution >= 0.6 is 0 Å². The fraction of sp³-hybridized carbons (Fsp3) is 0.333. The van der Waals surface area contributed by atoms with E-state index < -0.39 is 6.04 Å². The summed E-state index contributed by atoms with van der Waals surface area (Å²) in [6.45, 7) is 0.255. The Kier molecular flexibility index (Phi) is 2.36. The lowest BCUT2D eigenvalue weighted by atomic mass is 10.4. The van der Waals surface area contributed by atoms with E-state index in [2.05, 4.69) is 10.1 Å². The molecule has 0 aliphatic heterocycles. The summed E-state index contributed by atoms with van der Waals surface area (Å²) in [4.78, 5) is 3.65. The minimum Gasteiger partial charge on any atom is -0.314 e. The summed E-state index contributed by atoms with van der Waals surface area (Å²) in [6.07, 6.45) is 1.37. The maximum absolute atomic E-state index is 8.36. The lowest BCUT2D eigenvalue weighted by molar-refractivity contribution is 0.571. The van der Waals surface area contributed by atoms with Gasteiger partial charge in [-0.05, 0) is 0 Å². The van der Waals surface area contributed by atoms with Crippen molar-refractivity contribution in [2.24, 2.45) is 5.73 Å². The summed E-state index contributed by atoms with van der Waals surface area (Å²) >= 11 is 0. The molecule has 0 radical (unpaired) electrons. The highest BCUT2D eigenvalue weighted by Gasteiger charge is 2.03. The number of rotatable bonds is 2. The van der Waals surface area contributed by atoms with Crippen LogP contribution in [0.25, 0.3) is 0 Å². The summed E-state index contributed by atoms with van der Waals surface area (Å²) in [5.41, 5.74) is 5.32. The van der Waals surface area contributed by atoms with Crippen LogP contribution in [0.2, 0.25) is 0 Å². The second kappa shape index (κ2) is 3.46. The molecule has 60 valence electrons. The summed E-state index contributed by atoms with van der Waals surface area (Å²) < 4.78 is 1.37. The molecule has 1 atom stereocenters. The lowest BCUT2D eigenvalue weighted by Crippen LogP contribution is -2.24. The van der Waals surface area contributed by atoms with Gasteiger partial charge in [0.05, 0.1) is 12.6 Å². The molecule has 1 heterocycles. The molecule has 1 unspecified atom stereocenters. The Morgan fingerprint density at radius 1 is 1.67 bits per heavy atom. The maximum atomic E-state index is 8.36. The minimum absolute atomic E-state index is 0.0835. The number of nitrogens with two attached hydrogens (primary N) is 1. The van der Waals surface area contributed by atoms with E-state index in [0.717, 1.165) is 0 Å². The molecule has 1 aromatic rings. The quantitative estimate of drug-likeness (QED) is 0.600. The van der Waals surface area contributed by atoms with Crippen LogP contribution in [0.4, 0.5) is 0 Å². The van der Waals surface area contributed by atoms with Crippen LogP contribution in [0.3, 0.4) is 0 Å². The number of hydrogen-bond acceptors (Lipinski definition) is 5. The van der Waals surface area contributed by atoms with Crippen molar-refractivity contribution in [3.05, 3.63) is 12.2 Å². The van der Waals surface area contributed by atoms with E-state index in [0.29, 0.717) is 0 Å². The first-order valence-electron chi connectivity index (χ1n) is 3.21. The van der Waals surface area contributed by atoms with Crippen molar-refractivity contribution in [1.82, 2.24) is 14.8 Å². The van der Waals surface area contributed by atoms with Crippen LogP contribution < -0.4 is 5.73 Å². The van der Waals surface area contributed by atoms with Crippen LogP contribution in [0.1, 0.15) is 5.82 Å². The highest BCUT2D eigenvalue weighted by molar-refractivity contribution is 5.05. The molecule has 0 saturated heterocycles. The first-order valence-corrected chi connectivity index (χ1v) is 3.21. The highest BCUT2D eigenvalue weighted by Crippen LogP contribution is 1.88. The topological polar surface area (TPSA) is 104 Å². The Morgan fingerprint density at radius 3 is 2.92 bits per heavy atom. The molecule has 2 N–H and O–H groups in total. The molecule has 0 aromatic carbocycles. The summed E-state index contributed by atoms with van der Waals surface area (Å²) in [5.74, 6) is 0.0835. The van der Waals surface area contributed by atoms with E-state index in [4.69, 9.17) is 16.3 Å². The zero-order chi connectivity index (χ0) is 8.97. The highest BCUT2D eigenvalue weighted by atomic mass is 15.3. The van der Waals surface area contributed by atoms with Crippen LogP contribution in [-0.4, -0.2) is 20.8 Å². The predicted octanol–water partition coefficient (Wildman–Crippen LogP) is -0.999. The van der Waals surface area contributed by atoms with Gasteiger partial charge < -0.3 is 5.73 Å². The van der Waals surface area contributed by atoms with Crippen molar-refractivity contribution < 1.29 is 0 Å². The number of nitriles is 2. The van der Waals surface area contributed by atoms with E-state index in [-0.39, 0.29) is 12.4 Å². The predicted molar refractivity (Wildman–Crippen MR) is 38.3 cm³/mol. The van der Waals surface area contributed by atoms with Crippen molar-refractivity contribution in [3.63, 3.8) is 0 Å². The van der Waals surface area contributed by atoms with Gasteiger partial charge in [0.1, 0.15) is 18.4 Å². The van der Waals surface area contributed by atoms with E-state index in [1.54, 1.807) is 6.07 Å². The Hall–Kier alpha value is -1.92. The zero-order valence-corrected chi connectivity index (χ0v) is 6.18. The maximum Gasteiger partial charge on any atom is 0.252 e. The minimum atomic E-state index is -0.613. The van der Waals surface area contributed by atoms with Gasteiger partial charge in [-0.3, -0.25) is 0 Å². The van der Waals surface area contributed by atoms with Gasteiger partial charge in [0, 0.05) is 0 Å². The second-order valence-electron chi connectivity index (χ2n) is 2.14. The van der Waals surface area contributed by atoms with E-state index >= 15 is 0 Å². The Morgan fingerprint density at radius 2 is 2.42 bits per heavy atom. The molecule has 0 bridgehead atoms. The smallest absolute Gasteiger partial charge is 0.252 e. The van der Waals surface area contributed by atoms with Crippen molar-refractivity contribution in [2.75, 3.05) is 0 Å². The summed E-state index contributed by atoms with van der Waals surface area (Å²) in [5, 5.41) is 20.4. The average Bonchev–Trinajstić information content (AvgIpc) is 2.52. The zero-order valence-electron chi connectivity index (χ0n) is 6.18. The van der Waals surface area contributed by atoms with Gasteiger partial charge in [-0.1, -0.05) is 0 Å². The Labute approximate surface area is 68.8 Å². The van der Waals surface area contributed by atoms with Gasteiger partial charge in [-0.15, -0.1) is 5.10 Å². The van der Waals surface area contributed by atoms with E-state index in [9.17, 15) is 0 Å².